The van der Waals surface area contributed by atoms with E-state index in [0.29, 0.717) is 11.2 Å². The number of nitrogens with two attached hydrogens (primary N) is 2. The smallest absolute Gasteiger partial charge is 0.382 e. The molecule has 0 amide bonds. The number of rotatable bonds is 6. The normalized spacial score (nSPS) is 26.2. The number of methoxy groups -OCH3 is 1. The maximum Gasteiger partial charge on any atom is 0.472 e. The maximum atomic E-state index is 11.7. The second kappa shape index (κ2) is 6.24. The standard InChI is InChI=1S/C11H17N6O6P/c1-20-3-5-7(23-24(18,19)21-2)10(22-5)17-4-14-6-8(12)15-11(13)16-9(6)17/h4-5,7,10H,3H2,1-2H3,(H,18,19)(H4,12,13,15,16). The van der Waals surface area contributed by atoms with Crippen LogP contribution in [0.25, 0.3) is 11.2 Å². The molecule has 0 aliphatic carbocycles. The monoisotopic (exact) mass is 360 g/mol. The van der Waals surface area contributed by atoms with Crippen molar-refractivity contribution in [1.29, 1.82) is 0 Å². The van der Waals surface area contributed by atoms with E-state index in [4.69, 9.17) is 25.5 Å². The van der Waals surface area contributed by atoms with E-state index in [1.54, 1.807) is 0 Å². The van der Waals surface area contributed by atoms with Gasteiger partial charge in [0.05, 0.1) is 12.9 Å². The van der Waals surface area contributed by atoms with Gasteiger partial charge in [-0.3, -0.25) is 13.6 Å². The predicted octanol–water partition coefficient (Wildman–Crippen LogP) is -0.333. The molecule has 4 atom stereocenters. The number of hydrogen-bond acceptors (Lipinski definition) is 10. The molecule has 4 unspecified atom stereocenters. The molecule has 24 heavy (non-hydrogen) atoms. The summed E-state index contributed by atoms with van der Waals surface area (Å²) >= 11 is 0. The summed E-state index contributed by atoms with van der Waals surface area (Å²) in [5.41, 5.74) is 12.0. The Morgan fingerprint density at radius 3 is 2.83 bits per heavy atom. The molecule has 1 saturated heterocycles. The molecule has 2 aromatic rings. The molecule has 1 aliphatic rings. The summed E-state index contributed by atoms with van der Waals surface area (Å²) in [6.07, 6.45) is -0.756. The third kappa shape index (κ3) is 2.95. The number of fused-ring (bicyclic) bond motifs is 1. The summed E-state index contributed by atoms with van der Waals surface area (Å²) in [7, 11) is -1.68. The molecule has 5 N–H and O–H groups in total. The summed E-state index contributed by atoms with van der Waals surface area (Å²) in [5.74, 6) is 0.0860. The second-order valence-corrected chi connectivity index (χ2v) is 6.55. The van der Waals surface area contributed by atoms with Gasteiger partial charge in [0.25, 0.3) is 0 Å². The zero-order valence-corrected chi connectivity index (χ0v) is 13.8. The largest absolute Gasteiger partial charge is 0.472 e. The van der Waals surface area contributed by atoms with Crippen molar-refractivity contribution in [3.8, 4) is 0 Å². The van der Waals surface area contributed by atoms with Gasteiger partial charge in [-0.2, -0.15) is 9.97 Å². The molecule has 1 aliphatic heterocycles. The van der Waals surface area contributed by atoms with Gasteiger partial charge in [0.2, 0.25) is 5.95 Å². The van der Waals surface area contributed by atoms with Gasteiger partial charge < -0.3 is 25.8 Å². The van der Waals surface area contributed by atoms with Gasteiger partial charge in [0.1, 0.15) is 17.7 Å². The Hall–Kier alpha value is -1.82. The minimum atomic E-state index is -4.23. The average molecular weight is 360 g/mol. The van der Waals surface area contributed by atoms with E-state index < -0.39 is 26.3 Å². The van der Waals surface area contributed by atoms with Crippen LogP contribution in [0.15, 0.2) is 6.33 Å². The fraction of sp³-hybridized carbons (Fsp3) is 0.545. The summed E-state index contributed by atoms with van der Waals surface area (Å²) in [4.78, 5) is 21.6. The van der Waals surface area contributed by atoms with Crippen molar-refractivity contribution in [1.82, 2.24) is 19.5 Å². The van der Waals surface area contributed by atoms with Crippen molar-refractivity contribution >= 4 is 30.8 Å². The molecule has 3 heterocycles. The van der Waals surface area contributed by atoms with Crippen LogP contribution in [-0.2, 0) is 23.1 Å². The van der Waals surface area contributed by atoms with E-state index in [0.717, 1.165) is 7.11 Å². The van der Waals surface area contributed by atoms with Gasteiger partial charge in [-0.1, -0.05) is 0 Å². The molecule has 3 rings (SSSR count). The topological polar surface area (TPSA) is 170 Å². The van der Waals surface area contributed by atoms with Gasteiger partial charge in [0.15, 0.2) is 17.7 Å². The summed E-state index contributed by atoms with van der Waals surface area (Å²) in [6.45, 7) is 0.163. The van der Waals surface area contributed by atoms with Crippen LogP contribution < -0.4 is 11.5 Å². The quantitative estimate of drug-likeness (QED) is 0.576. The van der Waals surface area contributed by atoms with E-state index in [-0.39, 0.29) is 18.4 Å². The number of aromatic nitrogens is 4. The fourth-order valence-electron chi connectivity index (χ4n) is 2.41. The zero-order chi connectivity index (χ0) is 17.5. The number of ether oxygens (including phenoxy) is 2. The minimum absolute atomic E-state index is 0.0308. The molecule has 0 saturated carbocycles. The number of anilines is 2. The molecule has 0 radical (unpaired) electrons. The zero-order valence-electron chi connectivity index (χ0n) is 12.9. The minimum Gasteiger partial charge on any atom is -0.382 e. The molecular weight excluding hydrogens is 343 g/mol. The van der Waals surface area contributed by atoms with Gasteiger partial charge in [-0.05, 0) is 0 Å². The van der Waals surface area contributed by atoms with E-state index in [1.165, 1.54) is 18.0 Å². The number of phosphoric acid groups is 1. The third-order valence-corrected chi connectivity index (χ3v) is 4.49. The SMILES string of the molecule is COCC1OC(n2cnc3c(N)nc(N)nc32)C1OP(=O)(O)OC. The van der Waals surface area contributed by atoms with Crippen LogP contribution in [0, 0.1) is 0 Å². The van der Waals surface area contributed by atoms with E-state index in [2.05, 4.69) is 19.5 Å². The molecule has 0 aromatic carbocycles. The molecule has 2 aromatic heterocycles. The first-order valence-electron chi connectivity index (χ1n) is 6.83. The number of imidazole rings is 1. The highest BCUT2D eigenvalue weighted by Crippen LogP contribution is 2.49. The number of nitrogen functional groups attached to an aromatic ring is 2. The van der Waals surface area contributed by atoms with Gasteiger partial charge in [-0.15, -0.1) is 0 Å². The highest BCUT2D eigenvalue weighted by Gasteiger charge is 2.49. The van der Waals surface area contributed by atoms with Crippen LogP contribution in [0.2, 0.25) is 0 Å². The van der Waals surface area contributed by atoms with Crippen LogP contribution in [0.5, 0.6) is 0 Å². The summed E-state index contributed by atoms with van der Waals surface area (Å²) < 4.78 is 33.5. The Bertz CT molecular complexity index is 799. The Labute approximate surface area is 136 Å². The van der Waals surface area contributed by atoms with E-state index >= 15 is 0 Å². The summed E-state index contributed by atoms with van der Waals surface area (Å²) in [6, 6.07) is 0. The van der Waals surface area contributed by atoms with Crippen LogP contribution in [0.3, 0.4) is 0 Å². The molecule has 1 fully saturated rings. The van der Waals surface area contributed by atoms with Gasteiger partial charge in [-0.25, -0.2) is 9.55 Å². The average Bonchev–Trinajstić information content (AvgIpc) is 2.92. The highest BCUT2D eigenvalue weighted by molar-refractivity contribution is 7.47. The third-order valence-electron chi connectivity index (χ3n) is 3.52. The lowest BCUT2D eigenvalue weighted by molar-refractivity contribution is -0.260. The highest BCUT2D eigenvalue weighted by atomic mass is 31.2. The van der Waals surface area contributed by atoms with Crippen molar-refractivity contribution in [3.63, 3.8) is 0 Å². The number of hydrogen-bond donors (Lipinski definition) is 3. The van der Waals surface area contributed by atoms with Crippen LogP contribution >= 0.6 is 7.82 Å². The first-order chi connectivity index (χ1) is 11.4. The van der Waals surface area contributed by atoms with Crippen molar-refractivity contribution in [2.45, 2.75) is 18.4 Å². The first-order valence-corrected chi connectivity index (χ1v) is 8.32. The lowest BCUT2D eigenvalue weighted by Gasteiger charge is -2.44. The van der Waals surface area contributed by atoms with E-state index in [9.17, 15) is 9.46 Å². The number of nitrogens with zero attached hydrogens (tertiary/aromatic N) is 4. The van der Waals surface area contributed by atoms with Crippen molar-refractivity contribution < 1.29 is 28.0 Å². The maximum absolute atomic E-state index is 11.7. The second-order valence-electron chi connectivity index (χ2n) is 5.03. The van der Waals surface area contributed by atoms with Crippen molar-refractivity contribution in [3.05, 3.63) is 6.33 Å². The lowest BCUT2D eigenvalue weighted by atomic mass is 10.1. The Kier molecular flexibility index (Phi) is 4.42. The van der Waals surface area contributed by atoms with E-state index in [1.807, 2.05) is 0 Å². The molecule has 13 heteroatoms. The van der Waals surface area contributed by atoms with Crippen LogP contribution in [0.4, 0.5) is 11.8 Å². The predicted molar refractivity (Wildman–Crippen MR) is 81.6 cm³/mol. The van der Waals surface area contributed by atoms with Crippen LogP contribution in [-0.4, -0.2) is 57.4 Å². The van der Waals surface area contributed by atoms with Crippen molar-refractivity contribution in [2.24, 2.45) is 0 Å². The van der Waals surface area contributed by atoms with Gasteiger partial charge >= 0.3 is 7.82 Å². The molecule has 12 nitrogen and oxygen atoms in total. The molecule has 132 valence electrons. The Morgan fingerprint density at radius 2 is 2.17 bits per heavy atom. The fourth-order valence-corrected chi connectivity index (χ4v) is 3.04. The van der Waals surface area contributed by atoms with Crippen molar-refractivity contribution in [2.75, 3.05) is 32.3 Å². The number of phosphoric ester groups is 1. The van der Waals surface area contributed by atoms with Crippen LogP contribution in [0.1, 0.15) is 6.23 Å². The van der Waals surface area contributed by atoms with Gasteiger partial charge in [0, 0.05) is 14.2 Å². The molecule has 0 spiro atoms. The Balaban J connectivity index is 1.94. The first kappa shape index (κ1) is 17.0. The lowest BCUT2D eigenvalue weighted by Crippen LogP contribution is -2.53. The molecule has 0 bridgehead atoms. The molecular formula is C11H17N6O6P. The Morgan fingerprint density at radius 1 is 1.42 bits per heavy atom. The summed E-state index contributed by atoms with van der Waals surface area (Å²) in [5, 5.41) is 0.